The van der Waals surface area contributed by atoms with Gasteiger partial charge in [0.2, 0.25) is 12.7 Å². The van der Waals surface area contributed by atoms with Gasteiger partial charge in [0, 0.05) is 38.4 Å². The molecular formula is C21H25N3O3. The number of ether oxygens (including phenoxy) is 2. The summed E-state index contributed by atoms with van der Waals surface area (Å²) in [4.78, 5) is 16.8. The molecule has 6 heteroatoms. The number of nitrogens with one attached hydrogen (secondary N) is 1. The molecule has 2 aromatic carbocycles. The number of rotatable bonds is 5. The third-order valence-corrected chi connectivity index (χ3v) is 5.14. The van der Waals surface area contributed by atoms with Crippen LogP contribution in [0.15, 0.2) is 42.5 Å². The van der Waals surface area contributed by atoms with Crippen LogP contribution >= 0.6 is 0 Å². The topological polar surface area (TPSA) is 54.0 Å². The molecule has 2 aromatic rings. The fourth-order valence-corrected chi connectivity index (χ4v) is 3.51. The van der Waals surface area contributed by atoms with Crippen LogP contribution in [-0.4, -0.2) is 55.2 Å². The average Bonchev–Trinajstić information content (AvgIpc) is 3.15. The van der Waals surface area contributed by atoms with Crippen LogP contribution in [0.25, 0.3) is 0 Å². The molecular weight excluding hydrogens is 342 g/mol. The normalized spacial score (nSPS) is 16.4. The molecule has 6 nitrogen and oxygen atoms in total. The molecule has 0 radical (unpaired) electrons. The Bertz CT molecular complexity index is 816. The third-order valence-electron chi connectivity index (χ3n) is 5.14. The zero-order valence-electron chi connectivity index (χ0n) is 15.6. The van der Waals surface area contributed by atoms with E-state index in [9.17, 15) is 4.79 Å². The Morgan fingerprint density at radius 3 is 2.63 bits per heavy atom. The Morgan fingerprint density at radius 1 is 1.04 bits per heavy atom. The zero-order chi connectivity index (χ0) is 18.6. The van der Waals surface area contributed by atoms with Gasteiger partial charge in [0.25, 0.3) is 0 Å². The van der Waals surface area contributed by atoms with Crippen molar-refractivity contribution in [3.8, 4) is 11.5 Å². The van der Waals surface area contributed by atoms with Crippen molar-refractivity contribution in [2.45, 2.75) is 13.5 Å². The van der Waals surface area contributed by atoms with Gasteiger partial charge in [0.1, 0.15) is 0 Å². The first-order valence-corrected chi connectivity index (χ1v) is 9.37. The third kappa shape index (κ3) is 4.17. The van der Waals surface area contributed by atoms with E-state index in [1.807, 2.05) is 48.2 Å². The summed E-state index contributed by atoms with van der Waals surface area (Å²) >= 11 is 0. The van der Waals surface area contributed by atoms with Gasteiger partial charge in [-0.05, 0) is 36.2 Å². The number of hydrogen-bond acceptors (Lipinski definition) is 5. The van der Waals surface area contributed by atoms with E-state index < -0.39 is 0 Å². The van der Waals surface area contributed by atoms with Crippen molar-refractivity contribution < 1.29 is 14.3 Å². The Labute approximate surface area is 159 Å². The van der Waals surface area contributed by atoms with Gasteiger partial charge in [-0.3, -0.25) is 9.69 Å². The number of nitrogens with zero attached hydrogens (tertiary/aromatic N) is 2. The maximum atomic E-state index is 12.5. The first-order valence-electron chi connectivity index (χ1n) is 9.37. The molecule has 1 N–H and O–H groups in total. The molecule has 0 bridgehead atoms. The molecule has 4 rings (SSSR count). The number of carbonyl (C=O) groups excluding carboxylic acids is 1. The molecule has 0 spiro atoms. The van der Waals surface area contributed by atoms with Crippen LogP contribution in [0.2, 0.25) is 0 Å². The first-order chi connectivity index (χ1) is 13.2. The van der Waals surface area contributed by atoms with Gasteiger partial charge in [-0.15, -0.1) is 0 Å². The largest absolute Gasteiger partial charge is 0.454 e. The smallest absolute Gasteiger partial charge is 0.241 e. The minimum absolute atomic E-state index is 0.154. The fraction of sp³-hybridized carbons (Fsp3) is 0.381. The number of hydrogen-bond donors (Lipinski definition) is 1. The van der Waals surface area contributed by atoms with Crippen LogP contribution in [0.5, 0.6) is 11.5 Å². The molecule has 0 atom stereocenters. The van der Waals surface area contributed by atoms with Gasteiger partial charge >= 0.3 is 0 Å². The van der Waals surface area contributed by atoms with Gasteiger partial charge in [0.05, 0.1) is 6.54 Å². The van der Waals surface area contributed by atoms with E-state index in [1.165, 1.54) is 5.56 Å². The second-order valence-electron chi connectivity index (χ2n) is 7.01. The van der Waals surface area contributed by atoms with Gasteiger partial charge in [-0.1, -0.05) is 24.3 Å². The monoisotopic (exact) mass is 367 g/mol. The lowest BCUT2D eigenvalue weighted by Crippen LogP contribution is -2.49. The molecule has 2 heterocycles. The molecule has 0 aliphatic carbocycles. The lowest BCUT2D eigenvalue weighted by Gasteiger charge is -2.35. The highest BCUT2D eigenvalue weighted by atomic mass is 16.7. The minimum Gasteiger partial charge on any atom is -0.454 e. The van der Waals surface area contributed by atoms with Crippen LogP contribution in [-0.2, 0) is 11.3 Å². The van der Waals surface area contributed by atoms with Crippen molar-refractivity contribution in [1.82, 2.24) is 9.80 Å². The van der Waals surface area contributed by atoms with Crippen molar-refractivity contribution in [3.05, 3.63) is 53.6 Å². The van der Waals surface area contributed by atoms with E-state index in [2.05, 4.69) is 16.3 Å². The summed E-state index contributed by atoms with van der Waals surface area (Å²) in [5.74, 6) is 1.79. The second kappa shape index (κ2) is 7.88. The molecule has 1 amide bonds. The van der Waals surface area contributed by atoms with Crippen molar-refractivity contribution in [1.29, 1.82) is 0 Å². The van der Waals surface area contributed by atoms with Crippen LogP contribution in [0.1, 0.15) is 11.1 Å². The van der Waals surface area contributed by atoms with Crippen LogP contribution in [0, 0.1) is 6.92 Å². The molecule has 27 heavy (non-hydrogen) atoms. The highest BCUT2D eigenvalue weighted by molar-refractivity contribution is 5.81. The Morgan fingerprint density at radius 2 is 1.81 bits per heavy atom. The Balaban J connectivity index is 1.25. The van der Waals surface area contributed by atoms with Crippen LogP contribution in [0.4, 0.5) is 5.69 Å². The maximum Gasteiger partial charge on any atom is 0.241 e. The van der Waals surface area contributed by atoms with Gasteiger partial charge in [-0.2, -0.15) is 0 Å². The van der Waals surface area contributed by atoms with E-state index >= 15 is 0 Å². The van der Waals surface area contributed by atoms with Crippen molar-refractivity contribution in [3.63, 3.8) is 0 Å². The number of anilines is 1. The Hall–Kier alpha value is -2.73. The summed E-state index contributed by atoms with van der Waals surface area (Å²) in [6, 6.07) is 14.1. The van der Waals surface area contributed by atoms with E-state index in [0.29, 0.717) is 13.3 Å². The highest BCUT2D eigenvalue weighted by Crippen LogP contribution is 2.32. The SMILES string of the molecule is Cc1ccccc1NCC(=O)N1CCN(Cc2ccc3c(c2)OCO3)CC1. The summed E-state index contributed by atoms with van der Waals surface area (Å²) in [6.45, 7) is 6.83. The standard InChI is InChI=1S/C21H25N3O3/c1-16-4-2-3-5-18(16)22-13-21(25)24-10-8-23(9-11-24)14-17-6-7-19-20(12-17)27-15-26-19/h2-7,12,22H,8-11,13-15H2,1H3. The average molecular weight is 367 g/mol. The van der Waals surface area contributed by atoms with E-state index in [-0.39, 0.29) is 5.91 Å². The molecule has 142 valence electrons. The predicted octanol–water partition coefficient (Wildman–Crippen LogP) is 2.48. The van der Waals surface area contributed by atoms with E-state index in [0.717, 1.165) is 55.5 Å². The molecule has 2 aliphatic rings. The molecule has 1 fully saturated rings. The fourth-order valence-electron chi connectivity index (χ4n) is 3.51. The molecule has 1 saturated heterocycles. The number of carbonyl (C=O) groups is 1. The summed E-state index contributed by atoms with van der Waals surface area (Å²) in [5.41, 5.74) is 3.38. The molecule has 0 aromatic heterocycles. The number of piperazine rings is 1. The van der Waals surface area contributed by atoms with Crippen LogP contribution < -0.4 is 14.8 Å². The lowest BCUT2D eigenvalue weighted by atomic mass is 10.1. The van der Waals surface area contributed by atoms with E-state index in [1.54, 1.807) is 0 Å². The number of aryl methyl sites for hydroxylation is 1. The summed E-state index contributed by atoms with van der Waals surface area (Å²) in [7, 11) is 0. The van der Waals surface area contributed by atoms with E-state index in [4.69, 9.17) is 9.47 Å². The molecule has 0 saturated carbocycles. The quantitative estimate of drug-likeness (QED) is 0.880. The number of amides is 1. The summed E-state index contributed by atoms with van der Waals surface area (Å²) in [5, 5.41) is 3.25. The number of fused-ring (bicyclic) bond motifs is 1. The summed E-state index contributed by atoms with van der Waals surface area (Å²) in [6.07, 6.45) is 0. The van der Waals surface area contributed by atoms with Gasteiger partial charge < -0.3 is 19.7 Å². The summed E-state index contributed by atoms with van der Waals surface area (Å²) < 4.78 is 10.8. The van der Waals surface area contributed by atoms with Crippen molar-refractivity contribution >= 4 is 11.6 Å². The predicted molar refractivity (Wildman–Crippen MR) is 104 cm³/mol. The maximum absolute atomic E-state index is 12.5. The molecule has 0 unspecified atom stereocenters. The Kier molecular flexibility index (Phi) is 5.16. The van der Waals surface area contributed by atoms with Crippen LogP contribution in [0.3, 0.4) is 0 Å². The minimum atomic E-state index is 0.154. The highest BCUT2D eigenvalue weighted by Gasteiger charge is 2.22. The second-order valence-corrected chi connectivity index (χ2v) is 7.01. The van der Waals surface area contributed by atoms with Gasteiger partial charge in [-0.25, -0.2) is 0 Å². The molecule has 2 aliphatic heterocycles. The van der Waals surface area contributed by atoms with Crippen molar-refractivity contribution in [2.24, 2.45) is 0 Å². The number of para-hydroxylation sites is 1. The zero-order valence-corrected chi connectivity index (χ0v) is 15.6. The van der Waals surface area contributed by atoms with Gasteiger partial charge in [0.15, 0.2) is 11.5 Å². The van der Waals surface area contributed by atoms with Crippen molar-refractivity contribution in [2.75, 3.05) is 44.8 Å². The first kappa shape index (κ1) is 17.7. The number of benzene rings is 2. The lowest BCUT2D eigenvalue weighted by molar-refractivity contribution is -0.131.